The van der Waals surface area contributed by atoms with Gasteiger partial charge in [0.05, 0.1) is 0 Å². The molecule has 0 unspecified atom stereocenters. The summed E-state index contributed by atoms with van der Waals surface area (Å²) in [5, 5.41) is 0. The molecule has 0 aliphatic carbocycles. The van der Waals surface area contributed by atoms with Gasteiger partial charge >= 0.3 is 0 Å². The molecule has 0 saturated carbocycles. The van der Waals surface area contributed by atoms with Gasteiger partial charge in [0.25, 0.3) is 0 Å². The molecule has 4 nitrogen and oxygen atoms in total. The molecule has 0 bridgehead atoms. The van der Waals surface area contributed by atoms with E-state index in [1.165, 1.54) is 0 Å². The van der Waals surface area contributed by atoms with E-state index in [4.69, 9.17) is 18.9 Å². The van der Waals surface area contributed by atoms with E-state index in [9.17, 15) is 0 Å². The Morgan fingerprint density at radius 3 is 1.62 bits per heavy atom. The van der Waals surface area contributed by atoms with Crippen molar-refractivity contribution in [1.29, 1.82) is 0 Å². The second-order valence-electron chi connectivity index (χ2n) is 2.48. The van der Waals surface area contributed by atoms with Crippen molar-refractivity contribution in [2.75, 3.05) is 27.4 Å². The zero-order valence-electron chi connectivity index (χ0n) is 8.91. The molecule has 0 saturated heterocycles. The minimum Gasteiger partial charge on any atom is -0.356 e. The van der Waals surface area contributed by atoms with Gasteiger partial charge in [0.2, 0.25) is 0 Å². The molecule has 0 radical (unpaired) electrons. The van der Waals surface area contributed by atoms with Gasteiger partial charge in [-0.3, -0.25) is 0 Å². The Kier molecular flexibility index (Phi) is 8.33. The predicted octanol–water partition coefficient (Wildman–Crippen LogP) is 1.39. The molecule has 0 aromatic heterocycles. The standard InChI is InChI=1S/C9H20O4/c1-5-12-9(13-6-2)7-8(10-3)11-4/h8-9H,5-7H2,1-4H3. The lowest BCUT2D eigenvalue weighted by molar-refractivity contribution is -0.195. The van der Waals surface area contributed by atoms with E-state index in [0.29, 0.717) is 19.6 Å². The minimum absolute atomic E-state index is 0.236. The number of hydrogen-bond acceptors (Lipinski definition) is 4. The van der Waals surface area contributed by atoms with E-state index in [2.05, 4.69) is 0 Å². The summed E-state index contributed by atoms with van der Waals surface area (Å²) in [5.41, 5.74) is 0. The lowest BCUT2D eigenvalue weighted by atomic mass is 10.4. The van der Waals surface area contributed by atoms with Crippen LogP contribution in [0.4, 0.5) is 0 Å². The smallest absolute Gasteiger partial charge is 0.162 e. The predicted molar refractivity (Wildman–Crippen MR) is 49.5 cm³/mol. The van der Waals surface area contributed by atoms with Crippen LogP contribution in [0, 0.1) is 0 Å². The van der Waals surface area contributed by atoms with Gasteiger partial charge in [-0.1, -0.05) is 0 Å². The third-order valence-electron chi connectivity index (χ3n) is 1.62. The summed E-state index contributed by atoms with van der Waals surface area (Å²) in [6.45, 7) is 5.12. The van der Waals surface area contributed by atoms with Crippen LogP contribution in [-0.2, 0) is 18.9 Å². The van der Waals surface area contributed by atoms with Gasteiger partial charge < -0.3 is 18.9 Å². The van der Waals surface area contributed by atoms with Crippen molar-refractivity contribution in [3.8, 4) is 0 Å². The molecule has 0 aliphatic rings. The number of hydrogen-bond donors (Lipinski definition) is 0. The van der Waals surface area contributed by atoms with Crippen LogP contribution >= 0.6 is 0 Å². The van der Waals surface area contributed by atoms with Crippen LogP contribution in [0.5, 0.6) is 0 Å². The highest BCUT2D eigenvalue weighted by molar-refractivity contribution is 4.49. The molecule has 0 atom stereocenters. The van der Waals surface area contributed by atoms with Gasteiger partial charge in [-0.05, 0) is 13.8 Å². The topological polar surface area (TPSA) is 36.9 Å². The fourth-order valence-corrected chi connectivity index (χ4v) is 1.00. The Morgan fingerprint density at radius 1 is 0.846 bits per heavy atom. The first-order valence-corrected chi connectivity index (χ1v) is 4.57. The maximum absolute atomic E-state index is 5.33. The summed E-state index contributed by atoms with van der Waals surface area (Å²) in [4.78, 5) is 0. The second kappa shape index (κ2) is 8.44. The van der Waals surface area contributed by atoms with Crippen molar-refractivity contribution in [1.82, 2.24) is 0 Å². The highest BCUT2D eigenvalue weighted by atomic mass is 16.7. The fourth-order valence-electron chi connectivity index (χ4n) is 1.00. The van der Waals surface area contributed by atoms with Crippen molar-refractivity contribution in [3.63, 3.8) is 0 Å². The van der Waals surface area contributed by atoms with Crippen molar-refractivity contribution in [2.24, 2.45) is 0 Å². The van der Waals surface area contributed by atoms with Crippen molar-refractivity contribution in [3.05, 3.63) is 0 Å². The summed E-state index contributed by atoms with van der Waals surface area (Å²) in [5.74, 6) is 0. The van der Waals surface area contributed by atoms with Crippen molar-refractivity contribution < 1.29 is 18.9 Å². The van der Waals surface area contributed by atoms with E-state index in [1.807, 2.05) is 13.8 Å². The molecule has 0 heterocycles. The first kappa shape index (κ1) is 12.8. The highest BCUT2D eigenvalue weighted by Gasteiger charge is 2.15. The first-order chi connectivity index (χ1) is 6.28. The molecule has 80 valence electrons. The Morgan fingerprint density at radius 2 is 1.31 bits per heavy atom. The van der Waals surface area contributed by atoms with E-state index < -0.39 is 0 Å². The monoisotopic (exact) mass is 192 g/mol. The van der Waals surface area contributed by atoms with Gasteiger partial charge in [-0.2, -0.15) is 0 Å². The van der Waals surface area contributed by atoms with E-state index in [1.54, 1.807) is 14.2 Å². The maximum Gasteiger partial charge on any atom is 0.162 e. The van der Waals surface area contributed by atoms with Crippen LogP contribution < -0.4 is 0 Å². The quantitative estimate of drug-likeness (QED) is 0.545. The lowest BCUT2D eigenvalue weighted by Crippen LogP contribution is -2.26. The van der Waals surface area contributed by atoms with Crippen LogP contribution in [-0.4, -0.2) is 40.0 Å². The Labute approximate surface area is 80.1 Å². The molecule has 0 rings (SSSR count). The van der Waals surface area contributed by atoms with Crippen LogP contribution in [0.15, 0.2) is 0 Å². The van der Waals surface area contributed by atoms with Crippen LogP contribution in [0.2, 0.25) is 0 Å². The van der Waals surface area contributed by atoms with Crippen molar-refractivity contribution >= 4 is 0 Å². The number of methoxy groups -OCH3 is 2. The normalized spacial score (nSPS) is 11.5. The zero-order valence-corrected chi connectivity index (χ0v) is 8.91. The van der Waals surface area contributed by atoms with Gasteiger partial charge in [-0.25, -0.2) is 0 Å². The first-order valence-electron chi connectivity index (χ1n) is 4.57. The van der Waals surface area contributed by atoms with Gasteiger partial charge in [0.1, 0.15) is 0 Å². The lowest BCUT2D eigenvalue weighted by Gasteiger charge is -2.21. The van der Waals surface area contributed by atoms with Crippen molar-refractivity contribution in [2.45, 2.75) is 32.8 Å². The molecular weight excluding hydrogens is 172 g/mol. The summed E-state index contributed by atoms with van der Waals surface area (Å²) < 4.78 is 20.7. The molecule has 0 N–H and O–H groups in total. The molecule has 0 aromatic carbocycles. The number of rotatable bonds is 8. The third-order valence-corrected chi connectivity index (χ3v) is 1.62. The summed E-state index contributed by atoms with van der Waals surface area (Å²) in [6.07, 6.45) is 0.0947. The van der Waals surface area contributed by atoms with Crippen LogP contribution in [0.25, 0.3) is 0 Å². The highest BCUT2D eigenvalue weighted by Crippen LogP contribution is 2.07. The Hall–Kier alpha value is -0.160. The second-order valence-corrected chi connectivity index (χ2v) is 2.48. The third kappa shape index (κ3) is 5.99. The van der Waals surface area contributed by atoms with Crippen LogP contribution in [0.3, 0.4) is 0 Å². The average molecular weight is 192 g/mol. The molecule has 0 spiro atoms. The number of ether oxygens (including phenoxy) is 4. The van der Waals surface area contributed by atoms with Gasteiger partial charge in [0, 0.05) is 33.9 Å². The van der Waals surface area contributed by atoms with Gasteiger partial charge in [0.15, 0.2) is 12.6 Å². The molecule has 0 aromatic rings. The SMILES string of the molecule is CCOC(CC(OC)OC)OCC. The fraction of sp³-hybridized carbons (Fsp3) is 1.00. The van der Waals surface area contributed by atoms with Gasteiger partial charge in [-0.15, -0.1) is 0 Å². The summed E-state index contributed by atoms with van der Waals surface area (Å²) >= 11 is 0. The molecule has 4 heteroatoms. The van der Waals surface area contributed by atoms with Crippen LogP contribution in [0.1, 0.15) is 20.3 Å². The Bertz CT molecular complexity index is 97.8. The zero-order chi connectivity index (χ0) is 10.1. The molecule has 0 fully saturated rings. The molecule has 0 amide bonds. The molecular formula is C9H20O4. The summed E-state index contributed by atoms with van der Waals surface area (Å²) in [7, 11) is 3.20. The minimum atomic E-state index is -0.261. The molecule has 13 heavy (non-hydrogen) atoms. The summed E-state index contributed by atoms with van der Waals surface area (Å²) in [6, 6.07) is 0. The van der Waals surface area contributed by atoms with E-state index in [-0.39, 0.29) is 12.6 Å². The maximum atomic E-state index is 5.33. The largest absolute Gasteiger partial charge is 0.356 e. The van der Waals surface area contributed by atoms with E-state index >= 15 is 0 Å². The van der Waals surface area contributed by atoms with E-state index in [0.717, 1.165) is 0 Å². The Balaban J connectivity index is 3.76. The molecule has 0 aliphatic heterocycles. The average Bonchev–Trinajstić information content (AvgIpc) is 2.14.